The van der Waals surface area contributed by atoms with E-state index in [9.17, 15) is 4.79 Å². The van der Waals surface area contributed by atoms with Gasteiger partial charge < -0.3 is 20.3 Å². The van der Waals surface area contributed by atoms with Crippen LogP contribution in [0.5, 0.6) is 0 Å². The molecule has 2 aliphatic heterocycles. The Balaban J connectivity index is 1.64. The molecule has 0 aromatic carbocycles. The van der Waals surface area contributed by atoms with Crippen molar-refractivity contribution in [2.24, 2.45) is 0 Å². The summed E-state index contributed by atoms with van der Waals surface area (Å²) in [6, 6.07) is 0.517. The standard InChI is InChI=1S/C10H19N3O2/c1-8-9(2-7-15-8)11-3-5-13-6-4-12-10(13)14/h8-9,11H,2-7H2,1H3,(H,12,14)/t8-,9-/m1/s1. The van der Waals surface area contributed by atoms with Gasteiger partial charge in [-0.25, -0.2) is 4.79 Å². The van der Waals surface area contributed by atoms with E-state index in [4.69, 9.17) is 4.74 Å². The molecule has 2 N–H and O–H groups in total. The molecule has 2 rings (SSSR count). The highest BCUT2D eigenvalue weighted by Gasteiger charge is 2.24. The first-order valence-corrected chi connectivity index (χ1v) is 5.65. The van der Waals surface area contributed by atoms with Crippen molar-refractivity contribution in [2.45, 2.75) is 25.5 Å². The minimum atomic E-state index is 0.0625. The van der Waals surface area contributed by atoms with Gasteiger partial charge in [-0.05, 0) is 13.3 Å². The van der Waals surface area contributed by atoms with Crippen molar-refractivity contribution in [3.63, 3.8) is 0 Å². The van der Waals surface area contributed by atoms with Gasteiger partial charge in [0.1, 0.15) is 0 Å². The van der Waals surface area contributed by atoms with Gasteiger partial charge >= 0.3 is 6.03 Å². The summed E-state index contributed by atoms with van der Waals surface area (Å²) in [6.07, 6.45) is 1.38. The summed E-state index contributed by atoms with van der Waals surface area (Å²) < 4.78 is 5.45. The van der Waals surface area contributed by atoms with Crippen LogP contribution in [0.25, 0.3) is 0 Å². The Bertz CT molecular complexity index is 235. The molecule has 0 aromatic heterocycles. The Morgan fingerprint density at radius 3 is 3.13 bits per heavy atom. The molecule has 5 heteroatoms. The Labute approximate surface area is 90.1 Å². The zero-order chi connectivity index (χ0) is 10.7. The molecule has 2 saturated heterocycles. The molecule has 2 amide bonds. The van der Waals surface area contributed by atoms with Gasteiger partial charge in [-0.15, -0.1) is 0 Å². The Morgan fingerprint density at radius 2 is 2.53 bits per heavy atom. The van der Waals surface area contributed by atoms with E-state index >= 15 is 0 Å². The number of hydrogen-bond acceptors (Lipinski definition) is 3. The molecule has 0 aromatic rings. The van der Waals surface area contributed by atoms with Crippen LogP contribution in [0.1, 0.15) is 13.3 Å². The number of nitrogens with zero attached hydrogens (tertiary/aromatic N) is 1. The summed E-state index contributed by atoms with van der Waals surface area (Å²) in [4.78, 5) is 13.1. The summed E-state index contributed by atoms with van der Waals surface area (Å²) >= 11 is 0. The van der Waals surface area contributed by atoms with Crippen LogP contribution in [0.2, 0.25) is 0 Å². The number of urea groups is 1. The quantitative estimate of drug-likeness (QED) is 0.679. The number of nitrogens with one attached hydrogen (secondary N) is 2. The van der Waals surface area contributed by atoms with Crippen molar-refractivity contribution in [1.29, 1.82) is 0 Å². The second-order valence-electron chi connectivity index (χ2n) is 4.14. The molecule has 2 heterocycles. The fourth-order valence-electron chi connectivity index (χ4n) is 2.11. The van der Waals surface area contributed by atoms with E-state index in [1.165, 1.54) is 0 Å². The highest BCUT2D eigenvalue weighted by Crippen LogP contribution is 2.12. The second kappa shape index (κ2) is 4.81. The van der Waals surface area contributed by atoms with E-state index < -0.39 is 0 Å². The molecule has 0 bridgehead atoms. The molecule has 0 aliphatic carbocycles. The molecule has 0 spiro atoms. The Kier molecular flexibility index (Phi) is 3.43. The lowest BCUT2D eigenvalue weighted by Gasteiger charge is -2.19. The molecule has 2 fully saturated rings. The molecular weight excluding hydrogens is 194 g/mol. The van der Waals surface area contributed by atoms with Crippen molar-refractivity contribution in [1.82, 2.24) is 15.5 Å². The van der Waals surface area contributed by atoms with E-state index in [0.29, 0.717) is 12.1 Å². The van der Waals surface area contributed by atoms with Crippen molar-refractivity contribution in [2.75, 3.05) is 32.8 Å². The minimum absolute atomic E-state index is 0.0625. The Morgan fingerprint density at radius 1 is 1.67 bits per heavy atom. The van der Waals surface area contributed by atoms with Crippen LogP contribution in [0, 0.1) is 0 Å². The third-order valence-corrected chi connectivity index (χ3v) is 3.11. The third-order valence-electron chi connectivity index (χ3n) is 3.11. The lowest BCUT2D eigenvalue weighted by atomic mass is 10.1. The van der Waals surface area contributed by atoms with Crippen molar-refractivity contribution < 1.29 is 9.53 Å². The van der Waals surface area contributed by atoms with E-state index in [1.807, 2.05) is 4.90 Å². The predicted molar refractivity (Wildman–Crippen MR) is 56.8 cm³/mol. The molecule has 5 nitrogen and oxygen atoms in total. The number of hydrogen-bond donors (Lipinski definition) is 2. The topological polar surface area (TPSA) is 53.6 Å². The molecule has 86 valence electrons. The summed E-state index contributed by atoms with van der Waals surface area (Å²) in [5.74, 6) is 0. The molecule has 0 saturated carbocycles. The molecule has 0 unspecified atom stereocenters. The third kappa shape index (κ3) is 2.60. The van der Waals surface area contributed by atoms with Gasteiger partial charge in [-0.2, -0.15) is 0 Å². The normalized spacial score (nSPS) is 31.0. The van der Waals surface area contributed by atoms with E-state index in [0.717, 1.165) is 39.2 Å². The van der Waals surface area contributed by atoms with Crippen LogP contribution in [-0.4, -0.2) is 55.9 Å². The van der Waals surface area contributed by atoms with Crippen molar-refractivity contribution >= 4 is 6.03 Å². The number of ether oxygens (including phenoxy) is 1. The average molecular weight is 213 g/mol. The minimum Gasteiger partial charge on any atom is -0.377 e. The number of carbonyl (C=O) groups excluding carboxylic acids is 1. The molecule has 0 radical (unpaired) electrons. The zero-order valence-corrected chi connectivity index (χ0v) is 9.16. The van der Waals surface area contributed by atoms with Crippen LogP contribution < -0.4 is 10.6 Å². The fraction of sp³-hybridized carbons (Fsp3) is 0.900. The van der Waals surface area contributed by atoms with Crippen LogP contribution >= 0.6 is 0 Å². The first-order chi connectivity index (χ1) is 7.27. The van der Waals surface area contributed by atoms with Crippen molar-refractivity contribution in [3.05, 3.63) is 0 Å². The molecule has 2 atom stereocenters. The van der Waals surface area contributed by atoms with Gasteiger partial charge in [0.25, 0.3) is 0 Å². The van der Waals surface area contributed by atoms with Crippen LogP contribution in [-0.2, 0) is 4.74 Å². The highest BCUT2D eigenvalue weighted by atomic mass is 16.5. The van der Waals surface area contributed by atoms with Gasteiger partial charge in [0, 0.05) is 38.8 Å². The maximum atomic E-state index is 11.2. The van der Waals surface area contributed by atoms with Gasteiger partial charge in [0.15, 0.2) is 0 Å². The lowest BCUT2D eigenvalue weighted by molar-refractivity contribution is 0.113. The SMILES string of the molecule is C[C@H]1OCC[C@H]1NCCN1CCNC1=O. The summed E-state index contributed by atoms with van der Waals surface area (Å²) in [6.45, 7) is 6.19. The number of carbonyl (C=O) groups is 1. The van der Waals surface area contributed by atoms with Crippen molar-refractivity contribution in [3.8, 4) is 0 Å². The Hall–Kier alpha value is -0.810. The first kappa shape index (κ1) is 10.7. The molecular formula is C10H19N3O2. The van der Waals surface area contributed by atoms with E-state index in [1.54, 1.807) is 0 Å². The fourth-order valence-corrected chi connectivity index (χ4v) is 2.11. The van der Waals surface area contributed by atoms with Gasteiger partial charge in [-0.3, -0.25) is 0 Å². The maximum Gasteiger partial charge on any atom is 0.317 e. The van der Waals surface area contributed by atoms with Crippen LogP contribution in [0.3, 0.4) is 0 Å². The van der Waals surface area contributed by atoms with E-state index in [-0.39, 0.29) is 6.03 Å². The summed E-state index contributed by atoms with van der Waals surface area (Å²) in [5, 5.41) is 6.22. The maximum absolute atomic E-state index is 11.2. The van der Waals surface area contributed by atoms with Gasteiger partial charge in [-0.1, -0.05) is 0 Å². The predicted octanol–water partition coefficient (Wildman–Crippen LogP) is -0.221. The zero-order valence-electron chi connectivity index (χ0n) is 9.16. The van der Waals surface area contributed by atoms with Crippen LogP contribution in [0.4, 0.5) is 4.79 Å². The lowest BCUT2D eigenvalue weighted by Crippen LogP contribution is -2.41. The number of rotatable bonds is 4. The van der Waals surface area contributed by atoms with Gasteiger partial charge in [0.2, 0.25) is 0 Å². The van der Waals surface area contributed by atoms with Crippen LogP contribution in [0.15, 0.2) is 0 Å². The number of amides is 2. The first-order valence-electron chi connectivity index (χ1n) is 5.65. The smallest absolute Gasteiger partial charge is 0.317 e. The summed E-state index contributed by atoms with van der Waals surface area (Å²) in [7, 11) is 0. The average Bonchev–Trinajstić information content (AvgIpc) is 2.78. The largest absolute Gasteiger partial charge is 0.377 e. The molecule has 15 heavy (non-hydrogen) atoms. The second-order valence-corrected chi connectivity index (χ2v) is 4.14. The molecule has 2 aliphatic rings. The van der Waals surface area contributed by atoms with Gasteiger partial charge in [0.05, 0.1) is 6.10 Å². The monoisotopic (exact) mass is 213 g/mol. The van der Waals surface area contributed by atoms with E-state index in [2.05, 4.69) is 17.6 Å². The highest BCUT2D eigenvalue weighted by molar-refractivity contribution is 5.76. The summed E-state index contributed by atoms with van der Waals surface area (Å²) in [5.41, 5.74) is 0.